The lowest BCUT2D eigenvalue weighted by molar-refractivity contribution is 0.590. The number of rotatable bonds is 6. The maximum Gasteiger partial charge on any atom is 0.0553 e. The Kier molecular flexibility index (Phi) is 10.3. The van der Waals surface area contributed by atoms with E-state index in [1.165, 1.54) is 22.3 Å². The van der Waals surface area contributed by atoms with E-state index >= 15 is 4.21 Å². The van der Waals surface area contributed by atoms with Crippen LogP contribution in [0.2, 0.25) is 0 Å². The molecule has 4 heteroatoms. The van der Waals surface area contributed by atoms with Crippen molar-refractivity contribution in [2.24, 2.45) is 0 Å². The first-order chi connectivity index (χ1) is 32.1. The maximum absolute atomic E-state index is 18.4. The Morgan fingerprint density at radius 1 is 0.294 bits per heavy atom. The lowest BCUT2D eigenvalue weighted by Gasteiger charge is -2.39. The van der Waals surface area contributed by atoms with Crippen molar-refractivity contribution in [3.63, 3.8) is 0 Å². The molecule has 0 unspecified atom stereocenters. The topological polar surface area (TPSA) is 23.6 Å². The van der Waals surface area contributed by atoms with Gasteiger partial charge in [0.05, 0.1) is 11.4 Å². The van der Waals surface area contributed by atoms with E-state index in [0.717, 1.165) is 76.0 Å². The van der Waals surface area contributed by atoms with E-state index in [4.69, 9.17) is 0 Å². The summed E-state index contributed by atoms with van der Waals surface area (Å²) in [6.45, 7) is 27.2. The van der Waals surface area contributed by atoms with E-state index in [-0.39, 0.29) is 21.7 Å². The third-order valence-corrected chi connectivity index (χ3v) is 19.2. The molecule has 0 radical (unpaired) electrons. The molecule has 0 aromatic heterocycles. The fourth-order valence-electron chi connectivity index (χ4n) is 10.6. The van der Waals surface area contributed by atoms with Crippen LogP contribution in [-0.2, 0) is 30.7 Å². The first-order valence-electron chi connectivity index (χ1n) is 24.3. The molecule has 10 rings (SSSR count). The Balaban J connectivity index is 1.35. The molecule has 0 aliphatic carbocycles. The number of fused-ring (bicyclic) bond motifs is 10. The minimum absolute atomic E-state index is 0.0197. The molecule has 344 valence electrons. The molecule has 0 fully saturated rings. The predicted molar refractivity (Wildman–Crippen MR) is 289 cm³/mol. The van der Waals surface area contributed by atoms with Crippen LogP contribution in [-0.4, -0.2) is 4.21 Å². The van der Waals surface area contributed by atoms with Gasteiger partial charge in [0, 0.05) is 62.5 Å². The van der Waals surface area contributed by atoms with Crippen molar-refractivity contribution in [3.05, 3.63) is 204 Å². The molecular formula is C64H66N2OS. The van der Waals surface area contributed by atoms with Crippen molar-refractivity contribution in [2.75, 3.05) is 9.80 Å². The highest BCUT2D eigenvalue weighted by molar-refractivity contribution is 8.21. The minimum atomic E-state index is -4.30. The molecule has 0 N–H and O–H groups in total. The summed E-state index contributed by atoms with van der Waals surface area (Å²) in [6, 6.07) is 66.2. The number of anilines is 6. The first kappa shape index (κ1) is 45.3. The van der Waals surface area contributed by atoms with Crippen LogP contribution < -0.4 is 9.80 Å². The highest BCUT2D eigenvalue weighted by Crippen LogP contribution is 2.73. The smallest absolute Gasteiger partial charge is 0.0553 e. The SMILES string of the molecule is CC(C)(C)c1ccc(N(c2ccc(C(C)(C)C)cc2)c2cccc3c2-c2c(N(c4ccc(C(C)(C)C)cc4)c4ccc(C(C)(C)C)cc4)cccc2S32(=O)c3ccccc3-c3ccccc32)cc1. The van der Waals surface area contributed by atoms with E-state index in [1.807, 2.05) is 0 Å². The molecule has 2 heterocycles. The minimum Gasteiger partial charge on any atom is -0.310 e. The van der Waals surface area contributed by atoms with Gasteiger partial charge in [0.15, 0.2) is 0 Å². The van der Waals surface area contributed by atoms with Gasteiger partial charge in [-0.3, -0.25) is 4.21 Å². The number of benzene rings is 8. The molecular weight excluding hydrogens is 845 g/mol. The summed E-state index contributed by atoms with van der Waals surface area (Å²) in [7, 11) is -4.30. The van der Waals surface area contributed by atoms with Crippen LogP contribution in [0.4, 0.5) is 34.1 Å². The Morgan fingerprint density at radius 3 is 0.809 bits per heavy atom. The summed E-state index contributed by atoms with van der Waals surface area (Å²) in [6.07, 6.45) is 0. The van der Waals surface area contributed by atoms with Crippen LogP contribution in [0.1, 0.15) is 105 Å². The molecule has 1 spiro atoms. The molecule has 2 aliphatic rings. The third-order valence-electron chi connectivity index (χ3n) is 14.4. The van der Waals surface area contributed by atoms with Gasteiger partial charge in [0.2, 0.25) is 0 Å². The fourth-order valence-corrected chi connectivity index (χ4v) is 15.8. The van der Waals surface area contributed by atoms with Gasteiger partial charge < -0.3 is 9.80 Å². The van der Waals surface area contributed by atoms with Gasteiger partial charge in [-0.25, -0.2) is 0 Å². The maximum atomic E-state index is 18.4. The predicted octanol–water partition coefficient (Wildman–Crippen LogP) is 18.1. The number of hydrogen-bond acceptors (Lipinski definition) is 3. The van der Waals surface area contributed by atoms with Crippen LogP contribution in [0.15, 0.2) is 202 Å². The summed E-state index contributed by atoms with van der Waals surface area (Å²) in [5, 5.41) is 0. The van der Waals surface area contributed by atoms with E-state index < -0.39 is 9.07 Å². The molecule has 8 aromatic carbocycles. The lowest BCUT2D eigenvalue weighted by atomic mass is 9.86. The largest absolute Gasteiger partial charge is 0.310 e. The van der Waals surface area contributed by atoms with E-state index in [1.54, 1.807) is 0 Å². The van der Waals surface area contributed by atoms with Crippen LogP contribution in [0.25, 0.3) is 22.3 Å². The van der Waals surface area contributed by atoms with E-state index in [0.29, 0.717) is 0 Å². The monoisotopic (exact) mass is 910 g/mol. The molecule has 0 bridgehead atoms. The highest BCUT2D eigenvalue weighted by atomic mass is 32.3. The van der Waals surface area contributed by atoms with Crippen molar-refractivity contribution in [1.29, 1.82) is 0 Å². The second-order valence-electron chi connectivity index (χ2n) is 23.1. The molecule has 3 nitrogen and oxygen atoms in total. The Labute approximate surface area is 405 Å². The van der Waals surface area contributed by atoms with Crippen molar-refractivity contribution >= 4 is 43.2 Å². The Bertz CT molecular complexity index is 2960. The van der Waals surface area contributed by atoms with E-state index in [9.17, 15) is 0 Å². The average molecular weight is 911 g/mol. The molecule has 68 heavy (non-hydrogen) atoms. The standard InChI is InChI=1S/C64H66N2OS/c1-61(2,3)43-27-35-47(36-28-43)65(48-37-29-44(30-38-48)62(4,5)6)53-21-17-25-57-59(53)60-54(22-18-26-58(60)68(57,67)55-23-15-13-19-51(55)52-20-14-16-24-56(52)68)66(49-39-31-45(32-40-49)63(7,8)9)50-41-33-46(34-42-50)64(10,11)12/h13-42H,1-12H3. The van der Waals surface area contributed by atoms with Crippen molar-refractivity contribution in [1.82, 2.24) is 0 Å². The normalized spacial score (nSPS) is 15.1. The zero-order valence-electron chi connectivity index (χ0n) is 42.0. The quantitative estimate of drug-likeness (QED) is 0.166. The molecule has 0 atom stereocenters. The molecule has 0 amide bonds. The van der Waals surface area contributed by atoms with Crippen LogP contribution in [0.3, 0.4) is 0 Å². The number of hydrogen-bond donors (Lipinski definition) is 0. The lowest BCUT2D eigenvalue weighted by Crippen LogP contribution is -2.30. The second-order valence-corrected chi connectivity index (χ2v) is 26.7. The van der Waals surface area contributed by atoms with Gasteiger partial charge in [-0.15, -0.1) is 0 Å². The van der Waals surface area contributed by atoms with Gasteiger partial charge >= 0.3 is 0 Å². The highest BCUT2D eigenvalue weighted by Gasteiger charge is 2.59. The van der Waals surface area contributed by atoms with Crippen molar-refractivity contribution in [3.8, 4) is 22.3 Å². The van der Waals surface area contributed by atoms with Crippen LogP contribution in [0.5, 0.6) is 0 Å². The summed E-state index contributed by atoms with van der Waals surface area (Å²) >= 11 is 0. The van der Waals surface area contributed by atoms with Gasteiger partial charge in [-0.1, -0.05) is 180 Å². The second kappa shape index (κ2) is 15.5. The molecule has 2 aliphatic heterocycles. The average Bonchev–Trinajstić information content (AvgIpc) is 3.70. The Morgan fingerprint density at radius 2 is 0.544 bits per heavy atom. The molecule has 0 saturated carbocycles. The van der Waals surface area contributed by atoms with Crippen LogP contribution in [0, 0.1) is 0 Å². The van der Waals surface area contributed by atoms with E-state index in [2.05, 4.69) is 275 Å². The third kappa shape index (κ3) is 6.93. The summed E-state index contributed by atoms with van der Waals surface area (Å²) in [5.74, 6) is 0. The van der Waals surface area contributed by atoms with Gasteiger partial charge in [0.25, 0.3) is 0 Å². The zero-order valence-corrected chi connectivity index (χ0v) is 42.8. The molecule has 8 aromatic rings. The summed E-state index contributed by atoms with van der Waals surface area (Å²) in [4.78, 5) is 8.22. The zero-order chi connectivity index (χ0) is 48.2. The van der Waals surface area contributed by atoms with Gasteiger partial charge in [-0.2, -0.15) is 0 Å². The van der Waals surface area contributed by atoms with Gasteiger partial charge in [-0.05, 0) is 140 Å². The number of nitrogens with zero attached hydrogens (tertiary/aromatic N) is 2. The Hall–Kier alpha value is -6.49. The summed E-state index contributed by atoms with van der Waals surface area (Å²) < 4.78 is 18.4. The fraction of sp³-hybridized carbons (Fsp3) is 0.250. The van der Waals surface area contributed by atoms with Crippen LogP contribution >= 0.6 is 0 Å². The van der Waals surface area contributed by atoms with Crippen molar-refractivity contribution in [2.45, 2.75) is 124 Å². The van der Waals surface area contributed by atoms with Gasteiger partial charge in [0.1, 0.15) is 0 Å². The first-order valence-corrected chi connectivity index (χ1v) is 26.2. The van der Waals surface area contributed by atoms with Crippen molar-refractivity contribution < 1.29 is 4.21 Å². The molecule has 0 saturated heterocycles. The summed E-state index contributed by atoms with van der Waals surface area (Å²) in [5.41, 5.74) is 15.1.